The van der Waals surface area contributed by atoms with Crippen LogP contribution in [0, 0.1) is 0 Å². The summed E-state index contributed by atoms with van der Waals surface area (Å²) in [5, 5.41) is 11.6. The van der Waals surface area contributed by atoms with E-state index in [1.807, 2.05) is 26.0 Å². The molecule has 2 amide bonds. The maximum absolute atomic E-state index is 14.4. The standard InChI is InChI=1S/C30H35N3O6/c1-3-14-32-24-9-6-5-8-23(24)30(29(32)37)25(26(34)21-10-12-22(13-11-21)39-4-2)27(35)28(36)33(30)16-7-15-31-17-19-38-20-18-31/h5-6,8-13,34H,3-4,7,14-20H2,1-2H3/b26-25+. The van der Waals surface area contributed by atoms with Gasteiger partial charge in [0.2, 0.25) is 0 Å². The first-order valence-electron chi connectivity index (χ1n) is 13.7. The lowest BCUT2D eigenvalue weighted by atomic mass is 9.82. The number of nitrogens with zero attached hydrogens (tertiary/aromatic N) is 3. The van der Waals surface area contributed by atoms with E-state index < -0.39 is 17.2 Å². The average molecular weight is 534 g/mol. The SMILES string of the molecule is CCCN1C(=O)C2(/C(=C(/O)c3ccc(OCC)cc3)C(=O)C(=O)N2CCCN2CCOCC2)c2ccccc21. The number of hydrogen-bond donors (Lipinski definition) is 1. The van der Waals surface area contributed by atoms with Crippen molar-refractivity contribution in [3.63, 3.8) is 0 Å². The van der Waals surface area contributed by atoms with Crippen LogP contribution in [-0.2, 0) is 24.7 Å². The van der Waals surface area contributed by atoms with E-state index in [0.29, 0.717) is 68.3 Å². The van der Waals surface area contributed by atoms with Crippen LogP contribution in [0.3, 0.4) is 0 Å². The summed E-state index contributed by atoms with van der Waals surface area (Å²) >= 11 is 0. The van der Waals surface area contributed by atoms with Gasteiger partial charge in [0.1, 0.15) is 11.5 Å². The van der Waals surface area contributed by atoms with Crippen molar-refractivity contribution in [2.45, 2.75) is 32.2 Å². The summed E-state index contributed by atoms with van der Waals surface area (Å²) in [6, 6.07) is 13.9. The average Bonchev–Trinajstić information content (AvgIpc) is 3.33. The van der Waals surface area contributed by atoms with Crippen LogP contribution in [0.25, 0.3) is 5.76 Å². The number of aliphatic hydroxyl groups is 1. The van der Waals surface area contributed by atoms with Gasteiger partial charge in [-0.25, -0.2) is 0 Å². The van der Waals surface area contributed by atoms with E-state index >= 15 is 0 Å². The van der Waals surface area contributed by atoms with E-state index in [-0.39, 0.29) is 23.8 Å². The molecule has 39 heavy (non-hydrogen) atoms. The molecule has 0 aromatic heterocycles. The Kier molecular flexibility index (Phi) is 7.72. The highest BCUT2D eigenvalue weighted by atomic mass is 16.5. The first-order valence-corrected chi connectivity index (χ1v) is 13.7. The summed E-state index contributed by atoms with van der Waals surface area (Å²) in [5.41, 5.74) is -0.376. The van der Waals surface area contributed by atoms with Crippen LogP contribution in [-0.4, -0.2) is 85.0 Å². The molecule has 1 atom stereocenters. The fourth-order valence-corrected chi connectivity index (χ4v) is 5.91. The lowest BCUT2D eigenvalue weighted by Gasteiger charge is -2.35. The number of aliphatic hydroxyl groups excluding tert-OH is 1. The van der Waals surface area contributed by atoms with Crippen molar-refractivity contribution >= 4 is 29.0 Å². The van der Waals surface area contributed by atoms with E-state index in [1.165, 1.54) is 4.90 Å². The summed E-state index contributed by atoms with van der Waals surface area (Å²) in [6.45, 7) is 8.58. The number of fused-ring (bicyclic) bond motifs is 2. The zero-order valence-corrected chi connectivity index (χ0v) is 22.5. The third-order valence-electron chi connectivity index (χ3n) is 7.65. The number of ketones is 1. The molecule has 9 heteroatoms. The number of carbonyl (C=O) groups excluding carboxylic acids is 3. The monoisotopic (exact) mass is 533 g/mol. The Bertz CT molecular complexity index is 1280. The number of rotatable bonds is 9. The minimum Gasteiger partial charge on any atom is -0.507 e. The molecule has 1 unspecified atom stereocenters. The van der Waals surface area contributed by atoms with Gasteiger partial charge < -0.3 is 24.4 Å². The van der Waals surface area contributed by atoms with Gasteiger partial charge in [-0.1, -0.05) is 25.1 Å². The Balaban J connectivity index is 1.62. The molecule has 9 nitrogen and oxygen atoms in total. The van der Waals surface area contributed by atoms with Crippen LogP contribution in [0.4, 0.5) is 5.69 Å². The normalized spacial score (nSPS) is 22.7. The number of morpholine rings is 1. The lowest BCUT2D eigenvalue weighted by molar-refractivity contribution is -0.143. The second-order valence-electron chi connectivity index (χ2n) is 9.96. The highest BCUT2D eigenvalue weighted by Crippen LogP contribution is 2.53. The van der Waals surface area contributed by atoms with Crippen LogP contribution in [0.1, 0.15) is 37.8 Å². The molecule has 206 valence electrons. The number of anilines is 1. The molecular formula is C30H35N3O6. The van der Waals surface area contributed by atoms with Crippen LogP contribution in [0.15, 0.2) is 54.1 Å². The zero-order chi connectivity index (χ0) is 27.6. The van der Waals surface area contributed by atoms with Gasteiger partial charge in [-0.05, 0) is 50.1 Å². The molecule has 1 N–H and O–H groups in total. The van der Waals surface area contributed by atoms with Crippen LogP contribution >= 0.6 is 0 Å². The molecule has 0 radical (unpaired) electrons. The molecule has 0 saturated carbocycles. The molecule has 2 aromatic rings. The summed E-state index contributed by atoms with van der Waals surface area (Å²) in [7, 11) is 0. The van der Waals surface area contributed by atoms with Crippen molar-refractivity contribution in [1.82, 2.24) is 9.80 Å². The van der Waals surface area contributed by atoms with E-state index in [2.05, 4.69) is 4.90 Å². The largest absolute Gasteiger partial charge is 0.507 e. The second-order valence-corrected chi connectivity index (χ2v) is 9.96. The molecule has 3 heterocycles. The van der Waals surface area contributed by atoms with Crippen molar-refractivity contribution < 1.29 is 29.0 Å². The second kappa shape index (κ2) is 11.2. The minimum absolute atomic E-state index is 0.181. The number of likely N-dealkylation sites (tertiary alicyclic amines) is 1. The first-order chi connectivity index (χ1) is 18.9. The van der Waals surface area contributed by atoms with Crippen LogP contribution in [0.2, 0.25) is 0 Å². The van der Waals surface area contributed by atoms with Crippen LogP contribution in [0.5, 0.6) is 5.75 Å². The number of para-hydroxylation sites is 1. The molecule has 2 fully saturated rings. The molecule has 5 rings (SSSR count). The first kappa shape index (κ1) is 26.9. The quantitative estimate of drug-likeness (QED) is 0.300. The number of ether oxygens (including phenoxy) is 2. The summed E-state index contributed by atoms with van der Waals surface area (Å²) in [4.78, 5) is 47.1. The molecule has 2 saturated heterocycles. The smallest absolute Gasteiger partial charge is 0.296 e. The fraction of sp³-hybridized carbons (Fsp3) is 0.433. The maximum atomic E-state index is 14.4. The van der Waals surface area contributed by atoms with E-state index in [4.69, 9.17) is 9.47 Å². The predicted molar refractivity (Wildman–Crippen MR) is 147 cm³/mol. The number of carbonyl (C=O) groups is 3. The molecule has 3 aliphatic rings. The van der Waals surface area contributed by atoms with Crippen molar-refractivity contribution in [3.05, 3.63) is 65.2 Å². The number of amides is 2. The Hall–Kier alpha value is -3.69. The van der Waals surface area contributed by atoms with E-state index in [1.54, 1.807) is 41.3 Å². The van der Waals surface area contributed by atoms with Gasteiger partial charge in [0.05, 0.1) is 31.1 Å². The maximum Gasteiger partial charge on any atom is 0.296 e. The Labute approximate surface area is 228 Å². The van der Waals surface area contributed by atoms with Gasteiger partial charge in [0.15, 0.2) is 5.54 Å². The molecule has 0 aliphatic carbocycles. The fourth-order valence-electron chi connectivity index (χ4n) is 5.91. The Morgan fingerprint density at radius 3 is 2.38 bits per heavy atom. The third kappa shape index (κ3) is 4.49. The Morgan fingerprint density at radius 1 is 0.974 bits per heavy atom. The van der Waals surface area contributed by atoms with Gasteiger partial charge in [-0.3, -0.25) is 19.3 Å². The van der Waals surface area contributed by atoms with Crippen molar-refractivity contribution in [2.24, 2.45) is 0 Å². The Morgan fingerprint density at radius 2 is 1.69 bits per heavy atom. The number of benzene rings is 2. The van der Waals surface area contributed by atoms with Gasteiger partial charge in [0.25, 0.3) is 17.6 Å². The highest BCUT2D eigenvalue weighted by Gasteiger charge is 2.66. The van der Waals surface area contributed by atoms with Gasteiger partial charge in [-0.2, -0.15) is 0 Å². The predicted octanol–water partition coefficient (Wildman–Crippen LogP) is 3.14. The number of hydrogen-bond acceptors (Lipinski definition) is 7. The molecular weight excluding hydrogens is 498 g/mol. The van der Waals surface area contributed by atoms with Gasteiger partial charge in [-0.15, -0.1) is 0 Å². The highest BCUT2D eigenvalue weighted by molar-refractivity contribution is 6.50. The van der Waals surface area contributed by atoms with E-state index in [0.717, 1.165) is 13.1 Å². The molecule has 1 spiro atoms. The summed E-state index contributed by atoms with van der Waals surface area (Å²) < 4.78 is 10.9. The van der Waals surface area contributed by atoms with Crippen molar-refractivity contribution in [2.75, 3.05) is 57.4 Å². The zero-order valence-electron chi connectivity index (χ0n) is 22.5. The lowest BCUT2D eigenvalue weighted by Crippen LogP contribution is -2.52. The third-order valence-corrected chi connectivity index (χ3v) is 7.65. The molecule has 3 aliphatic heterocycles. The van der Waals surface area contributed by atoms with Crippen molar-refractivity contribution in [3.8, 4) is 5.75 Å². The molecule has 2 aromatic carbocycles. The van der Waals surface area contributed by atoms with E-state index in [9.17, 15) is 19.5 Å². The van der Waals surface area contributed by atoms with Gasteiger partial charge in [0, 0.05) is 43.9 Å². The summed E-state index contributed by atoms with van der Waals surface area (Å²) in [6.07, 6.45) is 1.26. The van der Waals surface area contributed by atoms with Gasteiger partial charge >= 0.3 is 0 Å². The summed E-state index contributed by atoms with van der Waals surface area (Å²) in [5.74, 6) is -1.76. The minimum atomic E-state index is -1.73. The number of Topliss-reactive ketones (excluding diaryl/α,β-unsaturated/α-hetero) is 1. The topological polar surface area (TPSA) is 99.6 Å². The van der Waals surface area contributed by atoms with Crippen molar-refractivity contribution in [1.29, 1.82) is 0 Å². The molecule has 0 bridgehead atoms. The van der Waals surface area contributed by atoms with Crippen LogP contribution < -0.4 is 9.64 Å².